The number of ether oxygens (including phenoxy) is 2. The minimum Gasteiger partial charge on any atom is -0.495 e. The Bertz CT molecular complexity index is 1110. The van der Waals surface area contributed by atoms with E-state index in [4.69, 9.17) is 21.1 Å². The number of methoxy groups -OCH3 is 2. The number of para-hydroxylation sites is 1. The van der Waals surface area contributed by atoms with Gasteiger partial charge in [-0.25, -0.2) is 13.1 Å². The highest BCUT2D eigenvalue weighted by molar-refractivity contribution is 7.92. The minimum atomic E-state index is -3.94. The fourth-order valence-corrected chi connectivity index (χ4v) is 4.67. The van der Waals surface area contributed by atoms with Crippen molar-refractivity contribution in [3.05, 3.63) is 58.9 Å². The standard InChI is InChI=1S/C19H20ClN3O4S/c1-12-19(13(2)23(21-12)14-8-6-5-7-9-14)28(24,25)22-16-10-15(20)17(26-3)11-18(16)27-4/h5-11,22H,1-4H3. The molecule has 0 atom stereocenters. The molecule has 28 heavy (non-hydrogen) atoms. The quantitative estimate of drug-likeness (QED) is 0.651. The van der Waals surface area contributed by atoms with Crippen LogP contribution in [0.4, 0.5) is 5.69 Å². The van der Waals surface area contributed by atoms with Gasteiger partial charge in [-0.3, -0.25) is 4.72 Å². The van der Waals surface area contributed by atoms with Gasteiger partial charge in [-0.05, 0) is 32.0 Å². The zero-order valence-corrected chi connectivity index (χ0v) is 17.4. The Morgan fingerprint density at radius 3 is 2.29 bits per heavy atom. The van der Waals surface area contributed by atoms with Crippen LogP contribution in [0.2, 0.25) is 5.02 Å². The lowest BCUT2D eigenvalue weighted by Gasteiger charge is -2.14. The first-order valence-corrected chi connectivity index (χ1v) is 10.2. The molecule has 1 heterocycles. The highest BCUT2D eigenvalue weighted by Gasteiger charge is 2.26. The van der Waals surface area contributed by atoms with Gasteiger partial charge in [0.05, 0.1) is 42.0 Å². The molecule has 0 aliphatic carbocycles. The number of aromatic nitrogens is 2. The molecule has 3 aromatic rings. The molecule has 0 fully saturated rings. The molecule has 0 amide bonds. The molecule has 9 heteroatoms. The van der Waals surface area contributed by atoms with Crippen LogP contribution in [0.25, 0.3) is 5.69 Å². The number of sulfonamides is 1. The van der Waals surface area contributed by atoms with Crippen LogP contribution in [0.1, 0.15) is 11.4 Å². The summed E-state index contributed by atoms with van der Waals surface area (Å²) in [5.41, 5.74) is 1.86. The summed E-state index contributed by atoms with van der Waals surface area (Å²) in [5.74, 6) is 0.668. The third-order valence-electron chi connectivity index (χ3n) is 4.21. The fraction of sp³-hybridized carbons (Fsp3) is 0.211. The van der Waals surface area contributed by atoms with Crippen LogP contribution in [0, 0.1) is 13.8 Å². The van der Waals surface area contributed by atoms with Crippen LogP contribution in [0.5, 0.6) is 11.5 Å². The molecule has 7 nitrogen and oxygen atoms in total. The maximum absolute atomic E-state index is 13.1. The van der Waals surface area contributed by atoms with Crippen molar-refractivity contribution in [2.24, 2.45) is 0 Å². The second-order valence-corrected chi connectivity index (χ2v) is 8.07. The zero-order chi connectivity index (χ0) is 20.5. The summed E-state index contributed by atoms with van der Waals surface area (Å²) in [7, 11) is -1.04. The third-order valence-corrected chi connectivity index (χ3v) is 6.12. The molecule has 0 aliphatic heterocycles. The van der Waals surface area contributed by atoms with E-state index in [9.17, 15) is 8.42 Å². The van der Waals surface area contributed by atoms with E-state index in [0.717, 1.165) is 5.69 Å². The first-order valence-electron chi connectivity index (χ1n) is 8.34. The molecule has 0 aliphatic rings. The molecule has 0 saturated heterocycles. The molecule has 0 saturated carbocycles. The predicted octanol–water partition coefficient (Wildman–Crippen LogP) is 3.96. The van der Waals surface area contributed by atoms with Crippen LogP contribution >= 0.6 is 11.6 Å². The molecule has 2 aromatic carbocycles. The van der Waals surface area contributed by atoms with E-state index in [0.29, 0.717) is 17.1 Å². The molecule has 0 radical (unpaired) electrons. The Hall–Kier alpha value is -2.71. The van der Waals surface area contributed by atoms with Crippen molar-refractivity contribution in [3.8, 4) is 17.2 Å². The highest BCUT2D eigenvalue weighted by Crippen LogP contribution is 2.37. The Kier molecular flexibility index (Phi) is 5.53. The fourth-order valence-electron chi connectivity index (χ4n) is 2.97. The molecule has 0 unspecified atom stereocenters. The Morgan fingerprint density at radius 1 is 1.04 bits per heavy atom. The maximum Gasteiger partial charge on any atom is 0.265 e. The summed E-state index contributed by atoms with van der Waals surface area (Å²) in [4.78, 5) is 0.102. The molecule has 0 spiro atoms. The number of rotatable bonds is 6. The molecule has 0 bridgehead atoms. The van der Waals surface area contributed by atoms with E-state index >= 15 is 0 Å². The Labute approximate surface area is 168 Å². The van der Waals surface area contributed by atoms with Gasteiger partial charge >= 0.3 is 0 Å². The molecule has 1 N–H and O–H groups in total. The lowest BCUT2D eigenvalue weighted by atomic mass is 10.3. The number of aryl methyl sites for hydroxylation is 1. The number of anilines is 1. The van der Waals surface area contributed by atoms with Crippen LogP contribution in [-0.4, -0.2) is 32.4 Å². The van der Waals surface area contributed by atoms with Crippen LogP contribution in [0.15, 0.2) is 47.4 Å². The van der Waals surface area contributed by atoms with Crippen molar-refractivity contribution in [1.82, 2.24) is 9.78 Å². The third kappa shape index (κ3) is 3.65. The van der Waals surface area contributed by atoms with Gasteiger partial charge in [0.1, 0.15) is 16.4 Å². The Balaban J connectivity index is 2.06. The summed E-state index contributed by atoms with van der Waals surface area (Å²) in [6, 6.07) is 12.3. The van der Waals surface area contributed by atoms with Gasteiger partial charge in [-0.15, -0.1) is 0 Å². The molecule has 3 rings (SSSR count). The van der Waals surface area contributed by atoms with Crippen molar-refractivity contribution >= 4 is 27.3 Å². The van der Waals surface area contributed by atoms with Crippen molar-refractivity contribution in [1.29, 1.82) is 0 Å². The number of nitrogens with zero attached hydrogens (tertiary/aromatic N) is 2. The van der Waals surface area contributed by atoms with E-state index in [1.807, 2.05) is 30.3 Å². The van der Waals surface area contributed by atoms with Gasteiger partial charge in [-0.1, -0.05) is 29.8 Å². The SMILES string of the molecule is COc1cc(OC)c(NS(=O)(=O)c2c(C)nn(-c3ccccc3)c2C)cc1Cl. The summed E-state index contributed by atoms with van der Waals surface area (Å²) in [6.07, 6.45) is 0. The maximum atomic E-state index is 13.1. The van der Waals surface area contributed by atoms with E-state index in [1.54, 1.807) is 18.5 Å². The Morgan fingerprint density at radius 2 is 1.68 bits per heavy atom. The number of hydrogen-bond acceptors (Lipinski definition) is 5. The number of halogens is 1. The van der Waals surface area contributed by atoms with E-state index in [2.05, 4.69) is 9.82 Å². The first kappa shape index (κ1) is 20.0. The summed E-state index contributed by atoms with van der Waals surface area (Å²) in [5, 5.41) is 4.65. The molecule has 1 aromatic heterocycles. The molecular formula is C19H20ClN3O4S. The largest absolute Gasteiger partial charge is 0.495 e. The second kappa shape index (κ2) is 7.73. The van der Waals surface area contributed by atoms with Crippen molar-refractivity contribution in [2.75, 3.05) is 18.9 Å². The van der Waals surface area contributed by atoms with Gasteiger partial charge in [0.2, 0.25) is 0 Å². The average Bonchev–Trinajstić information content (AvgIpc) is 2.97. The van der Waals surface area contributed by atoms with E-state index < -0.39 is 10.0 Å². The van der Waals surface area contributed by atoms with Crippen LogP contribution < -0.4 is 14.2 Å². The van der Waals surface area contributed by atoms with Gasteiger partial charge < -0.3 is 9.47 Å². The smallest absolute Gasteiger partial charge is 0.265 e. The van der Waals surface area contributed by atoms with Crippen molar-refractivity contribution in [2.45, 2.75) is 18.7 Å². The van der Waals surface area contributed by atoms with Gasteiger partial charge in [-0.2, -0.15) is 5.10 Å². The lowest BCUT2D eigenvalue weighted by Crippen LogP contribution is -2.15. The molecular weight excluding hydrogens is 402 g/mol. The first-order chi connectivity index (χ1) is 13.3. The van der Waals surface area contributed by atoms with Gasteiger partial charge in [0.15, 0.2) is 0 Å². The van der Waals surface area contributed by atoms with E-state index in [-0.39, 0.29) is 21.4 Å². The summed E-state index contributed by atoms with van der Waals surface area (Å²) < 4.78 is 40.8. The lowest BCUT2D eigenvalue weighted by molar-refractivity contribution is 0.396. The zero-order valence-electron chi connectivity index (χ0n) is 15.9. The summed E-state index contributed by atoms with van der Waals surface area (Å²) in [6.45, 7) is 3.36. The number of benzene rings is 2. The minimum absolute atomic E-state index is 0.102. The van der Waals surface area contributed by atoms with Crippen molar-refractivity contribution in [3.63, 3.8) is 0 Å². The van der Waals surface area contributed by atoms with Gasteiger partial charge in [0, 0.05) is 6.07 Å². The van der Waals surface area contributed by atoms with Gasteiger partial charge in [0.25, 0.3) is 10.0 Å². The number of nitrogens with one attached hydrogen (secondary N) is 1. The van der Waals surface area contributed by atoms with Crippen LogP contribution in [0.3, 0.4) is 0 Å². The summed E-state index contributed by atoms with van der Waals surface area (Å²) >= 11 is 6.15. The normalized spacial score (nSPS) is 11.3. The number of hydrogen-bond donors (Lipinski definition) is 1. The van der Waals surface area contributed by atoms with Crippen LogP contribution in [-0.2, 0) is 10.0 Å². The van der Waals surface area contributed by atoms with Crippen molar-refractivity contribution < 1.29 is 17.9 Å². The average molecular weight is 422 g/mol. The monoisotopic (exact) mass is 421 g/mol. The second-order valence-electron chi connectivity index (χ2n) is 6.04. The predicted molar refractivity (Wildman–Crippen MR) is 108 cm³/mol. The topological polar surface area (TPSA) is 82.4 Å². The molecule has 148 valence electrons. The van der Waals surface area contributed by atoms with E-state index in [1.165, 1.54) is 26.4 Å². The highest BCUT2D eigenvalue weighted by atomic mass is 35.5.